The highest BCUT2D eigenvalue weighted by atomic mass is 16.5. The molecule has 0 saturated heterocycles. The fraction of sp³-hybridized carbons (Fsp3) is 0.444. The maximum atomic E-state index is 10.4. The number of nitrogens with one attached hydrogen (secondary N) is 1. The molecule has 1 aromatic heterocycles. The summed E-state index contributed by atoms with van der Waals surface area (Å²) in [6.07, 6.45) is 1.71. The van der Waals surface area contributed by atoms with Crippen LogP contribution < -0.4 is 10.1 Å². The maximum absolute atomic E-state index is 10.4. The van der Waals surface area contributed by atoms with Gasteiger partial charge >= 0.3 is 0 Å². The van der Waals surface area contributed by atoms with E-state index in [-0.39, 0.29) is 6.04 Å². The van der Waals surface area contributed by atoms with Gasteiger partial charge in [0.1, 0.15) is 11.5 Å². The Kier molecular flexibility index (Phi) is 4.48. The van der Waals surface area contributed by atoms with Gasteiger partial charge in [-0.05, 0) is 24.0 Å². The minimum atomic E-state index is -0.453. The van der Waals surface area contributed by atoms with Crippen LogP contribution in [0.25, 0.3) is 0 Å². The third kappa shape index (κ3) is 2.88. The number of fused-ring (bicyclic) bond motifs is 1. The number of aryl methyl sites for hydroxylation is 2. The third-order valence-electron chi connectivity index (χ3n) is 4.36. The van der Waals surface area contributed by atoms with E-state index in [0.717, 1.165) is 35.6 Å². The molecule has 122 valence electrons. The summed E-state index contributed by atoms with van der Waals surface area (Å²) in [6.45, 7) is 4.07. The van der Waals surface area contributed by atoms with Crippen LogP contribution in [0.1, 0.15) is 42.4 Å². The summed E-state index contributed by atoms with van der Waals surface area (Å²) < 4.78 is 5.33. The predicted octanol–water partition coefficient (Wildman–Crippen LogP) is 2.68. The quantitative estimate of drug-likeness (QED) is 0.888. The summed E-state index contributed by atoms with van der Waals surface area (Å²) in [6, 6.07) is 7.99. The van der Waals surface area contributed by atoms with Gasteiger partial charge in [0.05, 0.1) is 24.9 Å². The zero-order valence-corrected chi connectivity index (χ0v) is 13.8. The summed E-state index contributed by atoms with van der Waals surface area (Å²) in [5, 5.41) is 13.8. The molecular weight excluding hydrogens is 290 g/mol. The van der Waals surface area contributed by atoms with Gasteiger partial charge in [0, 0.05) is 6.42 Å². The SMILES string of the molecule is CCc1nc(OC)c(CC)nc1N[C@@H]1c2ccccc2C[C@@H]1O. The standard InChI is InChI=1S/C18H23N3O2/c1-4-13-17(19-14(5-2)18(20-13)23-3)21-16-12-9-7-6-8-11(12)10-15(16)22/h6-9,15-16,22H,4-5,10H2,1-3H3,(H,19,21)/t15-,16+/m0/s1. The summed E-state index contributed by atoms with van der Waals surface area (Å²) in [5.74, 6) is 1.33. The first-order chi connectivity index (χ1) is 11.2. The van der Waals surface area contributed by atoms with Crippen molar-refractivity contribution >= 4 is 5.82 Å². The number of methoxy groups -OCH3 is 1. The number of aliphatic hydroxyl groups excluding tert-OH is 1. The Morgan fingerprint density at radius 3 is 2.61 bits per heavy atom. The average molecular weight is 313 g/mol. The Balaban J connectivity index is 1.96. The summed E-state index contributed by atoms with van der Waals surface area (Å²) in [4.78, 5) is 9.27. The summed E-state index contributed by atoms with van der Waals surface area (Å²) in [5.41, 5.74) is 4.01. The normalized spacial score (nSPS) is 19.5. The van der Waals surface area contributed by atoms with E-state index >= 15 is 0 Å². The molecule has 0 fully saturated rings. The summed E-state index contributed by atoms with van der Waals surface area (Å²) >= 11 is 0. The van der Waals surface area contributed by atoms with Gasteiger partial charge < -0.3 is 15.2 Å². The van der Waals surface area contributed by atoms with E-state index in [4.69, 9.17) is 9.72 Å². The highest BCUT2D eigenvalue weighted by Crippen LogP contribution is 2.34. The number of hydrogen-bond acceptors (Lipinski definition) is 5. The Labute approximate surface area is 136 Å². The van der Waals surface area contributed by atoms with Crippen molar-refractivity contribution in [2.75, 3.05) is 12.4 Å². The molecule has 0 unspecified atom stereocenters. The van der Waals surface area contributed by atoms with Crippen molar-refractivity contribution in [1.29, 1.82) is 0 Å². The average Bonchev–Trinajstić information content (AvgIpc) is 2.90. The molecule has 0 amide bonds. The van der Waals surface area contributed by atoms with Gasteiger partial charge in [0.25, 0.3) is 0 Å². The Morgan fingerprint density at radius 1 is 1.17 bits per heavy atom. The molecule has 1 aromatic carbocycles. The van der Waals surface area contributed by atoms with Crippen molar-refractivity contribution in [2.24, 2.45) is 0 Å². The third-order valence-corrected chi connectivity index (χ3v) is 4.36. The lowest BCUT2D eigenvalue weighted by molar-refractivity contribution is 0.165. The fourth-order valence-electron chi connectivity index (χ4n) is 3.14. The molecule has 5 nitrogen and oxygen atoms in total. The number of anilines is 1. The van der Waals surface area contributed by atoms with Crippen molar-refractivity contribution in [3.05, 3.63) is 46.8 Å². The van der Waals surface area contributed by atoms with Crippen LogP contribution in [0, 0.1) is 0 Å². The van der Waals surface area contributed by atoms with Crippen LogP contribution in [-0.4, -0.2) is 28.3 Å². The lowest BCUT2D eigenvalue weighted by Gasteiger charge is -2.21. The van der Waals surface area contributed by atoms with Crippen molar-refractivity contribution in [1.82, 2.24) is 9.97 Å². The second kappa shape index (κ2) is 6.54. The van der Waals surface area contributed by atoms with Gasteiger partial charge in [-0.1, -0.05) is 38.1 Å². The monoisotopic (exact) mass is 313 g/mol. The van der Waals surface area contributed by atoms with Gasteiger partial charge in [-0.2, -0.15) is 0 Å². The molecule has 1 aliphatic rings. The Bertz CT molecular complexity index is 703. The number of aliphatic hydroxyl groups is 1. The van der Waals surface area contributed by atoms with E-state index in [1.165, 1.54) is 5.56 Å². The molecule has 0 saturated carbocycles. The highest BCUT2D eigenvalue weighted by molar-refractivity contribution is 5.49. The van der Waals surface area contributed by atoms with Crippen LogP contribution >= 0.6 is 0 Å². The molecule has 0 aliphatic heterocycles. The summed E-state index contributed by atoms with van der Waals surface area (Å²) in [7, 11) is 1.62. The van der Waals surface area contributed by atoms with Crippen LogP contribution in [0.2, 0.25) is 0 Å². The number of rotatable bonds is 5. The molecule has 0 radical (unpaired) electrons. The van der Waals surface area contributed by atoms with Crippen molar-refractivity contribution in [3.63, 3.8) is 0 Å². The molecule has 0 spiro atoms. The molecule has 2 atom stereocenters. The largest absolute Gasteiger partial charge is 0.480 e. The van der Waals surface area contributed by atoms with E-state index in [1.54, 1.807) is 7.11 Å². The number of nitrogens with zero attached hydrogens (tertiary/aromatic N) is 2. The van der Waals surface area contributed by atoms with Crippen molar-refractivity contribution in [3.8, 4) is 5.88 Å². The molecule has 3 rings (SSSR count). The van der Waals surface area contributed by atoms with Crippen molar-refractivity contribution < 1.29 is 9.84 Å². The van der Waals surface area contributed by atoms with Crippen LogP contribution in [0.3, 0.4) is 0 Å². The number of hydrogen-bond donors (Lipinski definition) is 2. The van der Waals surface area contributed by atoms with Crippen LogP contribution in [0.4, 0.5) is 5.82 Å². The molecule has 1 heterocycles. The topological polar surface area (TPSA) is 67.3 Å². The number of benzene rings is 1. The van der Waals surface area contributed by atoms with Crippen molar-refractivity contribution in [2.45, 2.75) is 45.3 Å². The first-order valence-corrected chi connectivity index (χ1v) is 8.14. The van der Waals surface area contributed by atoms with E-state index in [0.29, 0.717) is 12.3 Å². The minimum absolute atomic E-state index is 0.149. The van der Waals surface area contributed by atoms with E-state index in [9.17, 15) is 5.11 Å². The smallest absolute Gasteiger partial charge is 0.235 e. The first kappa shape index (κ1) is 15.7. The van der Waals surface area contributed by atoms with E-state index in [2.05, 4.69) is 22.4 Å². The first-order valence-electron chi connectivity index (χ1n) is 8.14. The van der Waals surface area contributed by atoms with Gasteiger partial charge in [-0.3, -0.25) is 0 Å². The highest BCUT2D eigenvalue weighted by Gasteiger charge is 2.31. The van der Waals surface area contributed by atoms with Crippen LogP contribution in [0.15, 0.2) is 24.3 Å². The van der Waals surface area contributed by atoms with E-state index in [1.807, 2.05) is 26.0 Å². The lowest BCUT2D eigenvalue weighted by atomic mass is 10.1. The van der Waals surface area contributed by atoms with Gasteiger partial charge in [-0.15, -0.1) is 0 Å². The second-order valence-electron chi connectivity index (χ2n) is 5.77. The molecule has 23 heavy (non-hydrogen) atoms. The van der Waals surface area contributed by atoms with Gasteiger partial charge in [0.15, 0.2) is 0 Å². The zero-order chi connectivity index (χ0) is 16.4. The Morgan fingerprint density at radius 2 is 1.91 bits per heavy atom. The molecule has 2 N–H and O–H groups in total. The second-order valence-corrected chi connectivity index (χ2v) is 5.77. The van der Waals surface area contributed by atoms with Crippen LogP contribution in [0.5, 0.6) is 5.88 Å². The van der Waals surface area contributed by atoms with Crippen LogP contribution in [-0.2, 0) is 19.3 Å². The van der Waals surface area contributed by atoms with Gasteiger partial charge in [-0.25, -0.2) is 9.97 Å². The molecule has 2 aromatic rings. The zero-order valence-electron chi connectivity index (χ0n) is 13.8. The fourth-order valence-corrected chi connectivity index (χ4v) is 3.14. The molecular formula is C18H23N3O2. The predicted molar refractivity (Wildman–Crippen MR) is 89.9 cm³/mol. The molecule has 1 aliphatic carbocycles. The van der Waals surface area contributed by atoms with Gasteiger partial charge in [0.2, 0.25) is 5.88 Å². The minimum Gasteiger partial charge on any atom is -0.480 e. The maximum Gasteiger partial charge on any atom is 0.235 e. The molecule has 5 heteroatoms. The van der Waals surface area contributed by atoms with E-state index < -0.39 is 6.10 Å². The number of aromatic nitrogens is 2. The Hall–Kier alpha value is -2.14. The number of ether oxygens (including phenoxy) is 1. The lowest BCUT2D eigenvalue weighted by Crippen LogP contribution is -2.23. The molecule has 0 bridgehead atoms.